The van der Waals surface area contributed by atoms with Gasteiger partial charge in [0.15, 0.2) is 0 Å². The minimum atomic E-state index is -0.500. The Bertz CT molecular complexity index is 934. The van der Waals surface area contributed by atoms with Gasteiger partial charge in [-0.05, 0) is 37.1 Å². The van der Waals surface area contributed by atoms with Crippen molar-refractivity contribution >= 4 is 17.5 Å². The molecule has 2 aliphatic rings. The van der Waals surface area contributed by atoms with Gasteiger partial charge in [0.2, 0.25) is 0 Å². The van der Waals surface area contributed by atoms with Gasteiger partial charge in [-0.1, -0.05) is 25.3 Å². The minimum Gasteiger partial charge on any atom is -0.457 e. The van der Waals surface area contributed by atoms with E-state index in [2.05, 4.69) is 0 Å². The molecule has 7 heteroatoms. The van der Waals surface area contributed by atoms with E-state index in [1.807, 2.05) is 0 Å². The Balaban J connectivity index is 1.59. The molecule has 2 amide bonds. The third-order valence-corrected chi connectivity index (χ3v) is 5.09. The molecule has 2 aromatic rings. The van der Waals surface area contributed by atoms with E-state index in [1.54, 1.807) is 18.2 Å². The topological polar surface area (TPSA) is 89.7 Å². The van der Waals surface area contributed by atoms with Gasteiger partial charge < -0.3 is 4.74 Å². The lowest BCUT2D eigenvalue weighted by atomic mass is 9.94. The first-order chi connectivity index (χ1) is 13.0. The van der Waals surface area contributed by atoms with Crippen LogP contribution in [-0.2, 0) is 0 Å². The fourth-order valence-corrected chi connectivity index (χ4v) is 3.77. The van der Waals surface area contributed by atoms with Crippen molar-refractivity contribution in [2.75, 3.05) is 0 Å². The highest BCUT2D eigenvalue weighted by Crippen LogP contribution is 2.34. The first kappa shape index (κ1) is 17.2. The quantitative estimate of drug-likeness (QED) is 0.457. The molecule has 7 nitrogen and oxygen atoms in total. The largest absolute Gasteiger partial charge is 0.457 e. The van der Waals surface area contributed by atoms with Crippen LogP contribution in [-0.4, -0.2) is 27.7 Å². The summed E-state index contributed by atoms with van der Waals surface area (Å²) in [7, 11) is 0. The predicted molar refractivity (Wildman–Crippen MR) is 97.0 cm³/mol. The van der Waals surface area contributed by atoms with Crippen LogP contribution in [0.5, 0.6) is 11.5 Å². The zero-order chi connectivity index (χ0) is 19.0. The third-order valence-electron chi connectivity index (χ3n) is 5.09. The van der Waals surface area contributed by atoms with Crippen LogP contribution in [0.4, 0.5) is 5.69 Å². The van der Waals surface area contributed by atoms with E-state index in [0.717, 1.165) is 32.1 Å². The Labute approximate surface area is 155 Å². The van der Waals surface area contributed by atoms with Crippen LogP contribution in [0.3, 0.4) is 0 Å². The smallest absolute Gasteiger partial charge is 0.273 e. The molecule has 1 saturated carbocycles. The van der Waals surface area contributed by atoms with E-state index >= 15 is 0 Å². The average Bonchev–Trinajstić information content (AvgIpc) is 2.93. The van der Waals surface area contributed by atoms with Crippen LogP contribution in [0.1, 0.15) is 52.8 Å². The van der Waals surface area contributed by atoms with Gasteiger partial charge in [-0.2, -0.15) is 0 Å². The van der Waals surface area contributed by atoms with Crippen LogP contribution in [0.2, 0.25) is 0 Å². The Kier molecular flexibility index (Phi) is 4.35. The lowest BCUT2D eigenvalue weighted by Gasteiger charge is -2.29. The molecule has 0 unspecified atom stereocenters. The Morgan fingerprint density at radius 2 is 1.63 bits per heavy atom. The molecule has 1 fully saturated rings. The monoisotopic (exact) mass is 366 g/mol. The Morgan fingerprint density at radius 1 is 0.926 bits per heavy atom. The van der Waals surface area contributed by atoms with Crippen molar-refractivity contribution in [2.45, 2.75) is 38.1 Å². The number of benzene rings is 2. The molecule has 138 valence electrons. The molecule has 1 aliphatic carbocycles. The van der Waals surface area contributed by atoms with Gasteiger partial charge in [-0.15, -0.1) is 0 Å². The maximum Gasteiger partial charge on any atom is 0.273 e. The number of rotatable bonds is 4. The van der Waals surface area contributed by atoms with E-state index < -0.39 is 4.92 Å². The van der Waals surface area contributed by atoms with E-state index in [-0.39, 0.29) is 23.5 Å². The van der Waals surface area contributed by atoms with Crippen LogP contribution in [0.25, 0.3) is 0 Å². The maximum atomic E-state index is 12.8. The zero-order valence-electron chi connectivity index (χ0n) is 14.6. The van der Waals surface area contributed by atoms with Gasteiger partial charge in [-0.25, -0.2) is 0 Å². The van der Waals surface area contributed by atoms with Gasteiger partial charge in [0.05, 0.1) is 22.1 Å². The van der Waals surface area contributed by atoms with Gasteiger partial charge in [0.1, 0.15) is 11.5 Å². The van der Waals surface area contributed by atoms with Crippen LogP contribution in [0.15, 0.2) is 42.5 Å². The molecule has 0 aromatic heterocycles. The molecule has 0 atom stereocenters. The van der Waals surface area contributed by atoms with E-state index in [4.69, 9.17) is 4.74 Å². The molecule has 0 saturated heterocycles. The van der Waals surface area contributed by atoms with Gasteiger partial charge >= 0.3 is 0 Å². The number of carbonyl (C=O) groups is 2. The second-order valence-corrected chi connectivity index (χ2v) is 6.84. The summed E-state index contributed by atoms with van der Waals surface area (Å²) >= 11 is 0. The SMILES string of the molecule is O=C1c2ccc(Oc3cccc([N+](=O)[O-])c3)cc2C(=O)N1C1CCCCC1. The van der Waals surface area contributed by atoms with Crippen molar-refractivity contribution in [3.05, 3.63) is 63.7 Å². The predicted octanol–water partition coefficient (Wildman–Crippen LogP) is 4.32. The molecule has 0 N–H and O–H groups in total. The number of hydrogen-bond acceptors (Lipinski definition) is 5. The van der Waals surface area contributed by atoms with E-state index in [0.29, 0.717) is 22.6 Å². The van der Waals surface area contributed by atoms with Crippen molar-refractivity contribution in [2.24, 2.45) is 0 Å². The molecule has 0 spiro atoms. The molecule has 27 heavy (non-hydrogen) atoms. The lowest BCUT2D eigenvalue weighted by molar-refractivity contribution is -0.384. The van der Waals surface area contributed by atoms with Crippen LogP contribution >= 0.6 is 0 Å². The van der Waals surface area contributed by atoms with Gasteiger partial charge in [0.25, 0.3) is 17.5 Å². The lowest BCUT2D eigenvalue weighted by Crippen LogP contribution is -2.40. The van der Waals surface area contributed by atoms with Crippen molar-refractivity contribution in [3.63, 3.8) is 0 Å². The fourth-order valence-electron chi connectivity index (χ4n) is 3.77. The number of fused-ring (bicyclic) bond motifs is 1. The summed E-state index contributed by atoms with van der Waals surface area (Å²) in [5.74, 6) is 0.126. The summed E-state index contributed by atoms with van der Waals surface area (Å²) in [5.41, 5.74) is 0.633. The number of non-ortho nitro benzene ring substituents is 1. The van der Waals surface area contributed by atoms with E-state index in [1.165, 1.54) is 29.2 Å². The maximum absolute atomic E-state index is 12.8. The van der Waals surface area contributed by atoms with Gasteiger partial charge in [0, 0.05) is 12.1 Å². The number of nitro groups is 1. The van der Waals surface area contributed by atoms with Crippen molar-refractivity contribution in [1.82, 2.24) is 4.90 Å². The summed E-state index contributed by atoms with van der Waals surface area (Å²) in [6.07, 6.45) is 4.89. The second kappa shape index (κ2) is 6.83. The number of carbonyl (C=O) groups excluding carboxylic acids is 2. The molecule has 2 aromatic carbocycles. The number of hydrogen-bond donors (Lipinski definition) is 0. The molecule has 1 heterocycles. The highest BCUT2D eigenvalue weighted by Gasteiger charge is 2.40. The third kappa shape index (κ3) is 3.16. The number of imide groups is 1. The summed E-state index contributed by atoms with van der Waals surface area (Å²) in [5, 5.41) is 10.9. The number of nitro benzene ring substituents is 1. The van der Waals surface area contributed by atoms with Crippen molar-refractivity contribution in [3.8, 4) is 11.5 Å². The molecule has 0 bridgehead atoms. The normalized spacial score (nSPS) is 17.1. The fraction of sp³-hybridized carbons (Fsp3) is 0.300. The number of ether oxygens (including phenoxy) is 1. The molecule has 1 aliphatic heterocycles. The van der Waals surface area contributed by atoms with E-state index in [9.17, 15) is 19.7 Å². The molecular formula is C20H18N2O5. The highest BCUT2D eigenvalue weighted by atomic mass is 16.6. The van der Waals surface area contributed by atoms with Crippen molar-refractivity contribution < 1.29 is 19.2 Å². The highest BCUT2D eigenvalue weighted by molar-refractivity contribution is 6.21. The summed E-state index contributed by atoms with van der Waals surface area (Å²) < 4.78 is 5.67. The molecule has 4 rings (SSSR count). The Morgan fingerprint density at radius 3 is 2.37 bits per heavy atom. The number of nitrogens with zero attached hydrogens (tertiary/aromatic N) is 2. The summed E-state index contributed by atoms with van der Waals surface area (Å²) in [6.45, 7) is 0. The van der Waals surface area contributed by atoms with Crippen LogP contribution < -0.4 is 4.74 Å². The summed E-state index contributed by atoms with van der Waals surface area (Å²) in [6, 6.07) is 10.5. The standard InChI is InChI=1S/C20H18N2O5/c23-19-17-10-9-16(27-15-8-4-7-14(11-15)22(25)26)12-18(17)20(24)21(19)13-5-2-1-3-6-13/h4,7-13H,1-3,5-6H2. The average molecular weight is 366 g/mol. The zero-order valence-corrected chi connectivity index (χ0v) is 14.6. The first-order valence-corrected chi connectivity index (χ1v) is 8.99. The molecular weight excluding hydrogens is 348 g/mol. The van der Waals surface area contributed by atoms with Gasteiger partial charge in [-0.3, -0.25) is 24.6 Å². The minimum absolute atomic E-state index is 0.0349. The molecule has 0 radical (unpaired) electrons. The first-order valence-electron chi connectivity index (χ1n) is 8.99. The van der Waals surface area contributed by atoms with Crippen LogP contribution in [0, 0.1) is 10.1 Å². The Hall–Kier alpha value is -3.22. The second-order valence-electron chi connectivity index (χ2n) is 6.84. The number of amides is 2. The van der Waals surface area contributed by atoms with Crippen molar-refractivity contribution in [1.29, 1.82) is 0 Å². The summed E-state index contributed by atoms with van der Waals surface area (Å²) in [4.78, 5) is 37.3.